The van der Waals surface area contributed by atoms with Crippen molar-refractivity contribution in [1.82, 2.24) is 9.88 Å². The molecule has 0 aliphatic rings. The molecule has 4 nitrogen and oxygen atoms in total. The highest BCUT2D eigenvalue weighted by Crippen LogP contribution is 2.22. The Bertz CT molecular complexity index is 677. The van der Waals surface area contributed by atoms with Gasteiger partial charge in [-0.25, -0.2) is 0 Å². The Morgan fingerprint density at radius 1 is 1.33 bits per heavy atom. The van der Waals surface area contributed by atoms with Crippen molar-refractivity contribution in [2.75, 3.05) is 6.54 Å². The van der Waals surface area contributed by atoms with Crippen molar-refractivity contribution in [1.29, 1.82) is 0 Å². The fourth-order valence-electron chi connectivity index (χ4n) is 2.27. The summed E-state index contributed by atoms with van der Waals surface area (Å²) >= 11 is 0. The molecule has 0 radical (unpaired) electrons. The van der Waals surface area contributed by atoms with Crippen molar-refractivity contribution < 1.29 is 4.79 Å². The Balaban J connectivity index is 2.45. The Morgan fingerprint density at radius 3 is 2.62 bits per heavy atom. The van der Waals surface area contributed by atoms with Crippen LogP contribution in [0.4, 0.5) is 0 Å². The molecule has 0 saturated heterocycles. The maximum atomic E-state index is 12.5. The van der Waals surface area contributed by atoms with Crippen LogP contribution < -0.4 is 11.1 Å². The van der Waals surface area contributed by atoms with E-state index < -0.39 is 0 Å². The molecule has 0 atom stereocenters. The van der Waals surface area contributed by atoms with E-state index in [0.717, 1.165) is 16.5 Å². The molecule has 1 aromatic heterocycles. The summed E-state index contributed by atoms with van der Waals surface area (Å²) in [6.45, 7) is 10.9. The zero-order valence-corrected chi connectivity index (χ0v) is 12.9. The Kier molecular flexibility index (Phi) is 4.19. The Morgan fingerprint density at radius 2 is 2.00 bits per heavy atom. The maximum Gasteiger partial charge on any atom is 0.253 e. The lowest BCUT2D eigenvalue weighted by atomic mass is 10.1. The van der Waals surface area contributed by atoms with Crippen LogP contribution in [0, 0.1) is 0 Å². The lowest BCUT2D eigenvalue weighted by Crippen LogP contribution is -2.40. The smallest absolute Gasteiger partial charge is 0.253 e. The van der Waals surface area contributed by atoms with Crippen LogP contribution in [0.1, 0.15) is 31.1 Å². The van der Waals surface area contributed by atoms with Gasteiger partial charge in [0.25, 0.3) is 5.91 Å². The average molecular weight is 285 g/mol. The van der Waals surface area contributed by atoms with Gasteiger partial charge in [-0.3, -0.25) is 4.79 Å². The molecule has 4 heteroatoms. The summed E-state index contributed by atoms with van der Waals surface area (Å²) in [6, 6.07) is 7.88. The largest absolute Gasteiger partial charge is 0.347 e. The number of para-hydroxylation sites is 1. The summed E-state index contributed by atoms with van der Waals surface area (Å²) < 4.78 is 2.03. The quantitative estimate of drug-likeness (QED) is 0.848. The number of carbonyl (C=O) groups is 1. The van der Waals surface area contributed by atoms with Crippen molar-refractivity contribution in [2.45, 2.75) is 32.9 Å². The first-order valence-electron chi connectivity index (χ1n) is 7.09. The van der Waals surface area contributed by atoms with Crippen LogP contribution in [-0.2, 0) is 6.54 Å². The highest BCUT2D eigenvalue weighted by atomic mass is 16.1. The summed E-state index contributed by atoms with van der Waals surface area (Å²) in [4.78, 5) is 12.5. The van der Waals surface area contributed by atoms with Crippen LogP contribution in [-0.4, -0.2) is 22.6 Å². The number of carbonyl (C=O) groups excluding carboxylic acids is 1. The molecule has 21 heavy (non-hydrogen) atoms. The van der Waals surface area contributed by atoms with Gasteiger partial charge in [0.05, 0.1) is 5.56 Å². The molecule has 0 unspecified atom stereocenters. The van der Waals surface area contributed by atoms with Crippen molar-refractivity contribution in [3.63, 3.8) is 0 Å². The molecular formula is C17H23N3O. The van der Waals surface area contributed by atoms with Crippen LogP contribution in [0.2, 0.25) is 0 Å². The predicted octanol–water partition coefficient (Wildman–Crippen LogP) is 2.68. The SMILES string of the molecule is C=C(CN)Cn1cc(C(=O)NC(C)(C)C)c2ccccc21. The Hall–Kier alpha value is -2.07. The fourth-order valence-corrected chi connectivity index (χ4v) is 2.27. The number of fused-ring (bicyclic) bond motifs is 1. The van der Waals surface area contributed by atoms with Gasteiger partial charge in [-0.15, -0.1) is 0 Å². The number of hydrogen-bond acceptors (Lipinski definition) is 2. The minimum absolute atomic E-state index is 0.0594. The van der Waals surface area contributed by atoms with E-state index in [-0.39, 0.29) is 11.4 Å². The molecule has 0 saturated carbocycles. The third kappa shape index (κ3) is 3.52. The fraction of sp³-hybridized carbons (Fsp3) is 0.353. The number of amides is 1. The van der Waals surface area contributed by atoms with Crippen molar-refractivity contribution >= 4 is 16.8 Å². The molecule has 1 amide bonds. The van der Waals surface area contributed by atoms with Gasteiger partial charge in [-0.1, -0.05) is 24.8 Å². The molecule has 3 N–H and O–H groups in total. The molecule has 0 aliphatic carbocycles. The van der Waals surface area contributed by atoms with Gasteiger partial charge in [-0.2, -0.15) is 0 Å². The average Bonchev–Trinajstić information content (AvgIpc) is 2.76. The number of hydrogen-bond donors (Lipinski definition) is 2. The molecule has 2 rings (SSSR count). The number of benzene rings is 1. The van der Waals surface area contributed by atoms with Crippen molar-refractivity contribution in [3.05, 3.63) is 48.2 Å². The van der Waals surface area contributed by atoms with Crippen LogP contribution >= 0.6 is 0 Å². The van der Waals surface area contributed by atoms with Gasteiger partial charge in [0.15, 0.2) is 0 Å². The lowest BCUT2D eigenvalue weighted by molar-refractivity contribution is 0.0921. The molecule has 1 heterocycles. The third-order valence-corrected chi connectivity index (χ3v) is 3.20. The van der Waals surface area contributed by atoms with E-state index in [2.05, 4.69) is 11.9 Å². The summed E-state index contributed by atoms with van der Waals surface area (Å²) in [5.74, 6) is -0.0594. The van der Waals surface area contributed by atoms with Crippen molar-refractivity contribution in [3.8, 4) is 0 Å². The van der Waals surface area contributed by atoms with E-state index in [1.54, 1.807) is 0 Å². The number of nitrogens with two attached hydrogens (primary N) is 1. The van der Waals surface area contributed by atoms with Gasteiger partial charge < -0.3 is 15.6 Å². The lowest BCUT2D eigenvalue weighted by Gasteiger charge is -2.20. The van der Waals surface area contributed by atoms with Gasteiger partial charge in [0.2, 0.25) is 0 Å². The van der Waals surface area contributed by atoms with E-state index >= 15 is 0 Å². The van der Waals surface area contributed by atoms with Crippen LogP contribution in [0.25, 0.3) is 10.9 Å². The minimum atomic E-state index is -0.263. The van der Waals surface area contributed by atoms with Crippen LogP contribution in [0.3, 0.4) is 0 Å². The second-order valence-electron chi connectivity index (χ2n) is 6.35. The summed E-state index contributed by atoms with van der Waals surface area (Å²) in [7, 11) is 0. The summed E-state index contributed by atoms with van der Waals surface area (Å²) in [5, 5.41) is 3.96. The second kappa shape index (κ2) is 5.74. The van der Waals surface area contributed by atoms with Crippen molar-refractivity contribution in [2.24, 2.45) is 5.73 Å². The first-order chi connectivity index (χ1) is 9.81. The van der Waals surface area contributed by atoms with Gasteiger partial charge >= 0.3 is 0 Å². The van der Waals surface area contributed by atoms with E-state index in [1.807, 2.05) is 55.8 Å². The number of aromatic nitrogens is 1. The number of rotatable bonds is 4. The van der Waals surface area contributed by atoms with E-state index in [4.69, 9.17) is 5.73 Å². The van der Waals surface area contributed by atoms with Gasteiger partial charge in [-0.05, 0) is 32.4 Å². The standard InChI is InChI=1S/C17H23N3O/c1-12(9-18)10-20-11-14(16(21)19-17(2,3)4)13-7-5-6-8-15(13)20/h5-8,11H,1,9-10,18H2,2-4H3,(H,19,21). The predicted molar refractivity (Wildman–Crippen MR) is 87.4 cm³/mol. The minimum Gasteiger partial charge on any atom is -0.347 e. The number of nitrogens with one attached hydrogen (secondary N) is 1. The molecule has 0 bridgehead atoms. The second-order valence-corrected chi connectivity index (χ2v) is 6.35. The van der Waals surface area contributed by atoms with Crippen LogP contribution in [0.5, 0.6) is 0 Å². The zero-order chi connectivity index (χ0) is 15.6. The topological polar surface area (TPSA) is 60.0 Å². The monoisotopic (exact) mass is 285 g/mol. The molecule has 1 aromatic carbocycles. The maximum absolute atomic E-state index is 12.5. The zero-order valence-electron chi connectivity index (χ0n) is 12.9. The van der Waals surface area contributed by atoms with Crippen LogP contribution in [0.15, 0.2) is 42.6 Å². The first kappa shape index (κ1) is 15.3. The summed E-state index contributed by atoms with van der Waals surface area (Å²) in [5.41, 5.74) is 7.99. The van der Waals surface area contributed by atoms with E-state index in [1.165, 1.54) is 0 Å². The third-order valence-electron chi connectivity index (χ3n) is 3.20. The van der Waals surface area contributed by atoms with Gasteiger partial charge in [0, 0.05) is 35.7 Å². The van der Waals surface area contributed by atoms with Gasteiger partial charge in [0.1, 0.15) is 0 Å². The van der Waals surface area contributed by atoms with E-state index in [0.29, 0.717) is 18.7 Å². The molecule has 0 spiro atoms. The normalized spacial score (nSPS) is 11.6. The highest BCUT2D eigenvalue weighted by molar-refractivity contribution is 6.07. The molecular weight excluding hydrogens is 262 g/mol. The summed E-state index contributed by atoms with van der Waals surface area (Å²) in [6.07, 6.45) is 1.88. The molecule has 2 aromatic rings. The first-order valence-corrected chi connectivity index (χ1v) is 7.09. The van der Waals surface area contributed by atoms with E-state index in [9.17, 15) is 4.79 Å². The number of nitrogens with zero attached hydrogens (tertiary/aromatic N) is 1. The molecule has 0 aliphatic heterocycles. The molecule has 0 fully saturated rings. The molecule has 112 valence electrons. The Labute approximate surface area is 125 Å². The highest BCUT2D eigenvalue weighted by Gasteiger charge is 2.19.